The van der Waals surface area contributed by atoms with Crippen LogP contribution >= 0.6 is 0 Å². The number of hydrogen-bond donors (Lipinski definition) is 1. The van der Waals surface area contributed by atoms with E-state index in [-0.39, 0.29) is 43.0 Å². The SMILES string of the molecule is CN(C)S(=O)(=O)N=C(c1ccccc1)N1CCN(C(=O)C(=O)c2c[nH]c3cccc(F)c23)CC1. The van der Waals surface area contributed by atoms with E-state index in [1.165, 1.54) is 37.3 Å². The van der Waals surface area contributed by atoms with Gasteiger partial charge in [-0.05, 0) is 12.1 Å². The van der Waals surface area contributed by atoms with Gasteiger partial charge in [-0.1, -0.05) is 36.4 Å². The van der Waals surface area contributed by atoms with Crippen LogP contribution in [0.5, 0.6) is 0 Å². The first-order chi connectivity index (χ1) is 16.2. The van der Waals surface area contributed by atoms with Gasteiger partial charge in [0.1, 0.15) is 11.7 Å². The number of carbonyl (C=O) groups excluding carboxylic acids is 2. The fourth-order valence-electron chi connectivity index (χ4n) is 3.77. The molecule has 34 heavy (non-hydrogen) atoms. The second kappa shape index (κ2) is 9.35. The molecule has 0 radical (unpaired) electrons. The number of halogens is 1. The first-order valence-corrected chi connectivity index (χ1v) is 12.0. The summed E-state index contributed by atoms with van der Waals surface area (Å²) in [6, 6.07) is 13.3. The Morgan fingerprint density at radius 2 is 1.62 bits per heavy atom. The first kappa shape index (κ1) is 23.6. The Hall–Kier alpha value is -3.57. The number of hydrogen-bond acceptors (Lipinski definition) is 4. The Morgan fingerprint density at radius 3 is 2.26 bits per heavy atom. The number of carbonyl (C=O) groups is 2. The van der Waals surface area contributed by atoms with Crippen molar-refractivity contribution in [1.29, 1.82) is 0 Å². The molecule has 1 N–H and O–H groups in total. The van der Waals surface area contributed by atoms with Gasteiger partial charge < -0.3 is 14.8 Å². The number of amidine groups is 1. The summed E-state index contributed by atoms with van der Waals surface area (Å²) in [6.07, 6.45) is 1.34. The van der Waals surface area contributed by atoms with Crippen LogP contribution < -0.4 is 0 Å². The lowest BCUT2D eigenvalue weighted by Crippen LogP contribution is -2.52. The largest absolute Gasteiger partial charge is 0.360 e. The number of nitrogens with zero attached hydrogens (tertiary/aromatic N) is 4. The monoisotopic (exact) mass is 485 g/mol. The molecule has 0 saturated carbocycles. The number of nitrogens with one attached hydrogen (secondary N) is 1. The fraction of sp³-hybridized carbons (Fsp3) is 0.261. The second-order valence-corrected chi connectivity index (χ2v) is 9.82. The zero-order valence-corrected chi connectivity index (χ0v) is 19.5. The van der Waals surface area contributed by atoms with Crippen LogP contribution in [0.15, 0.2) is 59.1 Å². The van der Waals surface area contributed by atoms with Gasteiger partial charge in [0, 0.05) is 62.9 Å². The Kier molecular flexibility index (Phi) is 6.49. The van der Waals surface area contributed by atoms with Gasteiger partial charge in [-0.15, -0.1) is 4.40 Å². The third-order valence-electron chi connectivity index (χ3n) is 5.66. The highest BCUT2D eigenvalue weighted by atomic mass is 32.2. The second-order valence-electron chi connectivity index (χ2n) is 8.01. The van der Waals surface area contributed by atoms with Gasteiger partial charge in [0.15, 0.2) is 0 Å². The minimum Gasteiger partial charge on any atom is -0.360 e. The molecule has 1 aromatic heterocycles. The molecule has 1 amide bonds. The normalized spacial score (nSPS) is 15.2. The molecular formula is C23H24FN5O4S. The van der Waals surface area contributed by atoms with Crippen molar-refractivity contribution in [3.05, 3.63) is 71.7 Å². The van der Waals surface area contributed by atoms with E-state index < -0.39 is 27.7 Å². The number of piperazine rings is 1. The topological polar surface area (TPSA) is 106 Å². The molecule has 3 aromatic rings. The van der Waals surface area contributed by atoms with Gasteiger partial charge in [-0.3, -0.25) is 9.59 Å². The summed E-state index contributed by atoms with van der Waals surface area (Å²) in [6.45, 7) is 0.919. The van der Waals surface area contributed by atoms with Crippen molar-refractivity contribution < 1.29 is 22.4 Å². The molecule has 2 aromatic carbocycles. The van der Waals surface area contributed by atoms with Crippen LogP contribution in [0.25, 0.3) is 10.9 Å². The minimum absolute atomic E-state index is 0.0101. The molecule has 0 aliphatic carbocycles. The van der Waals surface area contributed by atoms with Crippen molar-refractivity contribution in [3.8, 4) is 0 Å². The maximum atomic E-state index is 14.3. The molecule has 0 atom stereocenters. The number of amides is 1. The average Bonchev–Trinajstić information content (AvgIpc) is 3.28. The Bertz CT molecular complexity index is 1360. The van der Waals surface area contributed by atoms with E-state index >= 15 is 0 Å². The van der Waals surface area contributed by atoms with Gasteiger partial charge in [0.2, 0.25) is 0 Å². The van der Waals surface area contributed by atoms with Crippen molar-refractivity contribution in [2.24, 2.45) is 4.40 Å². The zero-order valence-electron chi connectivity index (χ0n) is 18.7. The van der Waals surface area contributed by atoms with Crippen LogP contribution in [0.1, 0.15) is 15.9 Å². The lowest BCUT2D eigenvalue weighted by Gasteiger charge is -2.36. The molecular weight excluding hydrogens is 461 g/mol. The zero-order chi connectivity index (χ0) is 24.5. The number of fused-ring (bicyclic) bond motifs is 1. The number of rotatable bonds is 5. The molecule has 0 bridgehead atoms. The van der Waals surface area contributed by atoms with Gasteiger partial charge in [0.25, 0.3) is 11.7 Å². The van der Waals surface area contributed by atoms with Crippen molar-refractivity contribution in [2.45, 2.75) is 0 Å². The van der Waals surface area contributed by atoms with Gasteiger partial charge in [-0.25, -0.2) is 4.39 Å². The van der Waals surface area contributed by atoms with Gasteiger partial charge in [-0.2, -0.15) is 12.7 Å². The van der Waals surface area contributed by atoms with E-state index in [9.17, 15) is 22.4 Å². The van der Waals surface area contributed by atoms with Crippen LogP contribution in [0.3, 0.4) is 0 Å². The lowest BCUT2D eigenvalue weighted by atomic mass is 10.1. The van der Waals surface area contributed by atoms with Crippen LogP contribution in [0.4, 0.5) is 4.39 Å². The Labute approximate surface area is 196 Å². The van der Waals surface area contributed by atoms with Crippen LogP contribution in [0.2, 0.25) is 0 Å². The molecule has 4 rings (SSSR count). The van der Waals surface area contributed by atoms with Crippen LogP contribution in [-0.2, 0) is 15.0 Å². The summed E-state index contributed by atoms with van der Waals surface area (Å²) in [4.78, 5) is 31.8. The average molecular weight is 486 g/mol. The van der Waals surface area contributed by atoms with Crippen molar-refractivity contribution >= 4 is 38.6 Å². The number of aromatic nitrogens is 1. The quantitative estimate of drug-likeness (QED) is 0.257. The molecule has 178 valence electrons. The highest BCUT2D eigenvalue weighted by molar-refractivity contribution is 7.87. The first-order valence-electron chi connectivity index (χ1n) is 10.6. The van der Waals surface area contributed by atoms with E-state index in [1.54, 1.807) is 35.2 Å². The number of ketones is 1. The van der Waals surface area contributed by atoms with Gasteiger partial charge in [0.05, 0.1) is 5.56 Å². The summed E-state index contributed by atoms with van der Waals surface area (Å²) >= 11 is 0. The molecule has 0 spiro atoms. The number of aromatic amines is 1. The molecule has 1 saturated heterocycles. The minimum atomic E-state index is -3.89. The summed E-state index contributed by atoms with van der Waals surface area (Å²) in [5, 5.41) is 0.0897. The van der Waals surface area contributed by atoms with Crippen molar-refractivity contribution in [2.75, 3.05) is 40.3 Å². The molecule has 0 unspecified atom stereocenters. The maximum Gasteiger partial charge on any atom is 0.323 e. The predicted octanol–water partition coefficient (Wildman–Crippen LogP) is 1.89. The molecule has 2 heterocycles. The summed E-state index contributed by atoms with van der Waals surface area (Å²) < 4.78 is 44.2. The highest BCUT2D eigenvalue weighted by Gasteiger charge is 2.31. The summed E-state index contributed by atoms with van der Waals surface area (Å²) in [5.74, 6) is -1.84. The van der Waals surface area contributed by atoms with Crippen LogP contribution in [-0.4, -0.2) is 85.3 Å². The lowest BCUT2D eigenvalue weighted by molar-refractivity contribution is -0.127. The molecule has 1 fully saturated rings. The molecule has 1 aliphatic heterocycles. The van der Waals surface area contributed by atoms with Crippen molar-refractivity contribution in [1.82, 2.24) is 19.1 Å². The smallest absolute Gasteiger partial charge is 0.323 e. The number of benzene rings is 2. The molecule has 1 aliphatic rings. The standard InChI is InChI=1S/C23H24FN5O4S/c1-27(2)34(32,33)26-22(16-7-4-3-5-8-16)28-11-13-29(14-12-28)23(31)21(30)17-15-25-19-10-6-9-18(24)20(17)19/h3-10,15,25H,11-14H2,1-2H3. The maximum absolute atomic E-state index is 14.3. The van der Waals surface area contributed by atoms with Crippen LogP contribution in [0, 0.1) is 5.82 Å². The third-order valence-corrected chi connectivity index (χ3v) is 6.98. The van der Waals surface area contributed by atoms with Gasteiger partial charge >= 0.3 is 10.2 Å². The van der Waals surface area contributed by atoms with E-state index in [1.807, 2.05) is 6.07 Å². The fourth-order valence-corrected chi connectivity index (χ4v) is 4.37. The van der Waals surface area contributed by atoms with E-state index in [4.69, 9.17) is 0 Å². The molecule has 9 nitrogen and oxygen atoms in total. The van der Waals surface area contributed by atoms with E-state index in [2.05, 4.69) is 9.38 Å². The summed E-state index contributed by atoms with van der Waals surface area (Å²) in [7, 11) is -1.09. The summed E-state index contributed by atoms with van der Waals surface area (Å²) in [5.41, 5.74) is 1.05. The van der Waals surface area contributed by atoms with E-state index in [0.29, 0.717) is 11.1 Å². The Balaban J connectivity index is 1.53. The van der Waals surface area contributed by atoms with E-state index in [0.717, 1.165) is 4.31 Å². The number of Topliss-reactive ketones (excluding diaryl/α,β-unsaturated/α-hetero) is 1. The third kappa shape index (κ3) is 4.57. The number of H-pyrrole nitrogens is 1. The van der Waals surface area contributed by atoms with Crippen molar-refractivity contribution in [3.63, 3.8) is 0 Å². The molecule has 11 heteroatoms. The highest BCUT2D eigenvalue weighted by Crippen LogP contribution is 2.23. The Morgan fingerprint density at radius 1 is 0.971 bits per heavy atom. The predicted molar refractivity (Wildman–Crippen MR) is 126 cm³/mol.